The predicted molar refractivity (Wildman–Crippen MR) is 95.4 cm³/mol. The van der Waals surface area contributed by atoms with Gasteiger partial charge < -0.3 is 4.74 Å². The Morgan fingerprint density at radius 1 is 1.16 bits per heavy atom. The molecule has 0 heterocycles. The van der Waals surface area contributed by atoms with Gasteiger partial charge in [0.15, 0.2) is 0 Å². The first-order valence-corrected chi connectivity index (χ1v) is 8.55. The highest BCUT2D eigenvalue weighted by molar-refractivity contribution is 14.1. The van der Waals surface area contributed by atoms with E-state index >= 15 is 0 Å². The lowest BCUT2D eigenvalue weighted by atomic mass is 10.0. The molecule has 0 radical (unpaired) electrons. The molecule has 0 bridgehead atoms. The van der Waals surface area contributed by atoms with Crippen LogP contribution in [0.4, 0.5) is 0 Å². The van der Waals surface area contributed by atoms with E-state index in [2.05, 4.69) is 91.7 Å². The molecule has 0 amide bonds. The standard InChI is InChI=1S/C15H13Br2IO/c1-9-7-10(3-6-14(9)19-2)15(17)12-8-11(18)4-5-13(12)16/h3-8,15H,1-2H3. The minimum absolute atomic E-state index is 0.168. The zero-order valence-corrected chi connectivity index (χ0v) is 15.9. The summed E-state index contributed by atoms with van der Waals surface area (Å²) >= 11 is 9.73. The Bertz CT molecular complexity index is 599. The van der Waals surface area contributed by atoms with E-state index in [9.17, 15) is 0 Å². The molecule has 19 heavy (non-hydrogen) atoms. The van der Waals surface area contributed by atoms with Crippen LogP contribution in [-0.2, 0) is 0 Å². The van der Waals surface area contributed by atoms with Crippen molar-refractivity contribution in [2.45, 2.75) is 11.8 Å². The summed E-state index contributed by atoms with van der Waals surface area (Å²) in [6.07, 6.45) is 0. The number of halogens is 3. The highest BCUT2D eigenvalue weighted by Gasteiger charge is 2.15. The van der Waals surface area contributed by atoms with Gasteiger partial charge in [0.1, 0.15) is 5.75 Å². The minimum atomic E-state index is 0.168. The molecule has 0 fully saturated rings. The molecule has 0 aliphatic heterocycles. The molecule has 2 rings (SSSR count). The van der Waals surface area contributed by atoms with Crippen molar-refractivity contribution in [2.24, 2.45) is 0 Å². The van der Waals surface area contributed by atoms with E-state index < -0.39 is 0 Å². The van der Waals surface area contributed by atoms with Crippen LogP contribution < -0.4 is 4.74 Å². The maximum absolute atomic E-state index is 5.30. The van der Waals surface area contributed by atoms with Crippen LogP contribution in [0.3, 0.4) is 0 Å². The second kappa shape index (κ2) is 6.59. The maximum atomic E-state index is 5.30. The zero-order chi connectivity index (χ0) is 14.0. The summed E-state index contributed by atoms with van der Waals surface area (Å²) in [5.41, 5.74) is 3.60. The van der Waals surface area contributed by atoms with Crippen molar-refractivity contribution < 1.29 is 4.74 Å². The number of aryl methyl sites for hydroxylation is 1. The summed E-state index contributed by atoms with van der Waals surface area (Å²) in [5.74, 6) is 0.921. The Labute approximate surface area is 144 Å². The van der Waals surface area contributed by atoms with Gasteiger partial charge in [-0.25, -0.2) is 0 Å². The first-order chi connectivity index (χ1) is 9.02. The fourth-order valence-electron chi connectivity index (χ4n) is 1.95. The summed E-state index contributed by atoms with van der Waals surface area (Å²) in [5, 5.41) is 0. The third kappa shape index (κ3) is 3.52. The molecule has 0 saturated carbocycles. The third-order valence-corrected chi connectivity index (χ3v) is 5.36. The Morgan fingerprint density at radius 3 is 2.53 bits per heavy atom. The molecule has 1 nitrogen and oxygen atoms in total. The van der Waals surface area contributed by atoms with Crippen molar-refractivity contribution in [3.63, 3.8) is 0 Å². The van der Waals surface area contributed by atoms with Crippen LogP contribution in [0.1, 0.15) is 21.5 Å². The monoisotopic (exact) mass is 494 g/mol. The molecule has 0 saturated heterocycles. The van der Waals surface area contributed by atoms with Gasteiger partial charge in [-0.15, -0.1) is 0 Å². The lowest BCUT2D eigenvalue weighted by Gasteiger charge is -2.15. The molecule has 2 aromatic rings. The summed E-state index contributed by atoms with van der Waals surface area (Å²) in [7, 11) is 1.70. The van der Waals surface area contributed by atoms with Crippen LogP contribution in [0.15, 0.2) is 40.9 Å². The molecular weight excluding hydrogens is 483 g/mol. The minimum Gasteiger partial charge on any atom is -0.496 e. The van der Waals surface area contributed by atoms with Crippen molar-refractivity contribution >= 4 is 54.5 Å². The van der Waals surface area contributed by atoms with E-state index in [1.54, 1.807) is 7.11 Å². The van der Waals surface area contributed by atoms with E-state index in [-0.39, 0.29) is 4.83 Å². The van der Waals surface area contributed by atoms with Crippen LogP contribution in [0.2, 0.25) is 0 Å². The zero-order valence-electron chi connectivity index (χ0n) is 10.6. The summed E-state index contributed by atoms with van der Waals surface area (Å²) in [4.78, 5) is 0.168. The molecule has 100 valence electrons. The second-order valence-corrected chi connectivity index (χ2v) is 7.27. The molecule has 1 unspecified atom stereocenters. The molecular formula is C15H13Br2IO. The van der Waals surface area contributed by atoms with Crippen molar-refractivity contribution in [2.75, 3.05) is 7.11 Å². The van der Waals surface area contributed by atoms with Gasteiger partial charge in [-0.1, -0.05) is 44.0 Å². The summed E-state index contributed by atoms with van der Waals surface area (Å²) in [6, 6.07) is 12.6. The number of hydrogen-bond acceptors (Lipinski definition) is 1. The van der Waals surface area contributed by atoms with Gasteiger partial charge in [0.05, 0.1) is 11.9 Å². The summed E-state index contributed by atoms with van der Waals surface area (Å²) in [6.45, 7) is 2.06. The Kier molecular flexibility index (Phi) is 5.31. The van der Waals surface area contributed by atoms with E-state index in [0.29, 0.717) is 0 Å². The normalized spacial score (nSPS) is 12.3. The van der Waals surface area contributed by atoms with Crippen molar-refractivity contribution in [1.82, 2.24) is 0 Å². The molecule has 4 heteroatoms. The molecule has 0 aliphatic rings. The van der Waals surface area contributed by atoms with Crippen molar-refractivity contribution in [3.05, 3.63) is 61.1 Å². The molecule has 0 aliphatic carbocycles. The highest BCUT2D eigenvalue weighted by Crippen LogP contribution is 2.37. The van der Waals surface area contributed by atoms with Gasteiger partial charge in [0.25, 0.3) is 0 Å². The maximum Gasteiger partial charge on any atom is 0.121 e. The van der Waals surface area contributed by atoms with Crippen LogP contribution >= 0.6 is 54.5 Å². The number of methoxy groups -OCH3 is 1. The van der Waals surface area contributed by atoms with E-state index in [1.807, 2.05) is 6.07 Å². The van der Waals surface area contributed by atoms with Crippen LogP contribution in [0.5, 0.6) is 5.75 Å². The largest absolute Gasteiger partial charge is 0.496 e. The molecule has 0 spiro atoms. The number of rotatable bonds is 3. The van der Waals surface area contributed by atoms with Crippen LogP contribution in [-0.4, -0.2) is 7.11 Å². The third-order valence-electron chi connectivity index (χ3n) is 2.94. The van der Waals surface area contributed by atoms with Gasteiger partial charge in [-0.2, -0.15) is 0 Å². The molecule has 0 aromatic heterocycles. The lowest BCUT2D eigenvalue weighted by molar-refractivity contribution is 0.411. The van der Waals surface area contributed by atoms with E-state index in [4.69, 9.17) is 4.74 Å². The highest BCUT2D eigenvalue weighted by atomic mass is 127. The lowest BCUT2D eigenvalue weighted by Crippen LogP contribution is -1.96. The number of ether oxygens (including phenoxy) is 1. The Balaban J connectivity index is 2.41. The average molecular weight is 496 g/mol. The quantitative estimate of drug-likeness (QED) is 0.383. The Hall–Kier alpha value is -0.0700. The second-order valence-electron chi connectivity index (χ2n) is 4.26. The smallest absolute Gasteiger partial charge is 0.121 e. The van der Waals surface area contributed by atoms with Crippen LogP contribution in [0, 0.1) is 10.5 Å². The first kappa shape index (κ1) is 15.3. The molecule has 0 N–H and O–H groups in total. The fraction of sp³-hybridized carbons (Fsp3) is 0.200. The number of benzene rings is 2. The first-order valence-electron chi connectivity index (χ1n) is 5.76. The van der Waals surface area contributed by atoms with Gasteiger partial charge in [-0.3, -0.25) is 0 Å². The number of hydrogen-bond donors (Lipinski definition) is 0. The Morgan fingerprint density at radius 2 is 1.89 bits per heavy atom. The SMILES string of the molecule is COc1ccc(C(Br)c2cc(I)ccc2Br)cc1C. The van der Waals surface area contributed by atoms with E-state index in [0.717, 1.165) is 15.8 Å². The topological polar surface area (TPSA) is 9.23 Å². The van der Waals surface area contributed by atoms with Gasteiger partial charge in [-0.05, 0) is 70.5 Å². The predicted octanol–water partition coefficient (Wildman–Crippen LogP) is 5.86. The average Bonchev–Trinajstić information content (AvgIpc) is 2.40. The van der Waals surface area contributed by atoms with Crippen molar-refractivity contribution in [1.29, 1.82) is 0 Å². The summed E-state index contributed by atoms with van der Waals surface area (Å²) < 4.78 is 7.64. The van der Waals surface area contributed by atoms with Gasteiger partial charge in [0, 0.05) is 8.04 Å². The van der Waals surface area contributed by atoms with E-state index in [1.165, 1.54) is 14.7 Å². The van der Waals surface area contributed by atoms with Gasteiger partial charge in [0.2, 0.25) is 0 Å². The molecule has 2 aromatic carbocycles. The molecule has 1 atom stereocenters. The number of alkyl halides is 1. The fourth-order valence-corrected chi connectivity index (χ4v) is 3.91. The van der Waals surface area contributed by atoms with Crippen molar-refractivity contribution in [3.8, 4) is 5.75 Å². The van der Waals surface area contributed by atoms with Gasteiger partial charge >= 0.3 is 0 Å². The van der Waals surface area contributed by atoms with Crippen LogP contribution in [0.25, 0.3) is 0 Å².